The maximum atomic E-state index is 12.1. The summed E-state index contributed by atoms with van der Waals surface area (Å²) < 4.78 is 5.09. The van der Waals surface area contributed by atoms with E-state index in [0.717, 1.165) is 17.7 Å². The van der Waals surface area contributed by atoms with E-state index in [1.807, 2.05) is 18.2 Å². The van der Waals surface area contributed by atoms with Crippen molar-refractivity contribution in [3.8, 4) is 0 Å². The summed E-state index contributed by atoms with van der Waals surface area (Å²) in [7, 11) is 1.62. The fourth-order valence-corrected chi connectivity index (χ4v) is 1.85. The van der Waals surface area contributed by atoms with Crippen LogP contribution in [0.5, 0.6) is 0 Å². The molecule has 0 aliphatic carbocycles. The molecule has 0 aliphatic heterocycles. The Balaban J connectivity index is 1.92. The zero-order valence-electron chi connectivity index (χ0n) is 10.8. The van der Waals surface area contributed by atoms with Gasteiger partial charge in [0.15, 0.2) is 0 Å². The van der Waals surface area contributed by atoms with E-state index in [2.05, 4.69) is 15.3 Å². The smallest absolute Gasteiger partial charge is 0.251 e. The highest BCUT2D eigenvalue weighted by Crippen LogP contribution is 2.09. The van der Waals surface area contributed by atoms with Gasteiger partial charge in [0.1, 0.15) is 0 Å². The van der Waals surface area contributed by atoms with Crippen molar-refractivity contribution in [2.75, 3.05) is 13.7 Å². The Morgan fingerprint density at radius 2 is 2.26 bits per heavy atom. The van der Waals surface area contributed by atoms with E-state index in [1.165, 1.54) is 0 Å². The number of aromatic nitrogens is 2. The number of ether oxygens (including phenoxy) is 1. The van der Waals surface area contributed by atoms with Crippen molar-refractivity contribution in [3.63, 3.8) is 0 Å². The SMILES string of the molecule is COCc1ccccc1C(=O)NCCc1cnc[nH]1. The predicted molar refractivity (Wildman–Crippen MR) is 71.8 cm³/mol. The average Bonchev–Trinajstić information content (AvgIpc) is 2.93. The third-order valence-corrected chi connectivity index (χ3v) is 2.80. The minimum atomic E-state index is -0.0767. The molecule has 2 aromatic rings. The van der Waals surface area contributed by atoms with Gasteiger partial charge in [-0.3, -0.25) is 4.79 Å². The normalized spacial score (nSPS) is 10.4. The molecule has 2 N–H and O–H groups in total. The number of aromatic amines is 1. The number of carbonyl (C=O) groups is 1. The van der Waals surface area contributed by atoms with Gasteiger partial charge in [-0.05, 0) is 11.6 Å². The van der Waals surface area contributed by atoms with Crippen molar-refractivity contribution in [1.29, 1.82) is 0 Å². The first-order valence-corrected chi connectivity index (χ1v) is 6.13. The molecule has 0 radical (unpaired) electrons. The van der Waals surface area contributed by atoms with Crippen LogP contribution in [0.25, 0.3) is 0 Å². The van der Waals surface area contributed by atoms with Crippen molar-refractivity contribution >= 4 is 5.91 Å². The molecular formula is C14H17N3O2. The molecule has 0 spiro atoms. The monoisotopic (exact) mass is 259 g/mol. The first-order chi connectivity index (χ1) is 9.31. The van der Waals surface area contributed by atoms with E-state index in [0.29, 0.717) is 18.7 Å². The van der Waals surface area contributed by atoms with E-state index in [9.17, 15) is 4.79 Å². The molecule has 1 amide bonds. The molecule has 0 bridgehead atoms. The first-order valence-electron chi connectivity index (χ1n) is 6.13. The molecule has 0 saturated carbocycles. The lowest BCUT2D eigenvalue weighted by Gasteiger charge is -2.09. The third kappa shape index (κ3) is 3.66. The van der Waals surface area contributed by atoms with Crippen LogP contribution in [-0.4, -0.2) is 29.5 Å². The van der Waals surface area contributed by atoms with Gasteiger partial charge >= 0.3 is 0 Å². The van der Waals surface area contributed by atoms with Gasteiger partial charge in [-0.15, -0.1) is 0 Å². The van der Waals surface area contributed by atoms with E-state index >= 15 is 0 Å². The van der Waals surface area contributed by atoms with E-state index in [4.69, 9.17) is 4.74 Å². The number of methoxy groups -OCH3 is 1. The number of nitrogens with zero attached hydrogens (tertiary/aromatic N) is 1. The number of imidazole rings is 1. The van der Waals surface area contributed by atoms with Crippen LogP contribution in [0.1, 0.15) is 21.6 Å². The minimum Gasteiger partial charge on any atom is -0.380 e. The van der Waals surface area contributed by atoms with Crippen LogP contribution in [0.15, 0.2) is 36.8 Å². The van der Waals surface area contributed by atoms with E-state index < -0.39 is 0 Å². The Morgan fingerprint density at radius 3 is 3.00 bits per heavy atom. The molecule has 0 saturated heterocycles. The van der Waals surface area contributed by atoms with Crippen LogP contribution in [0.3, 0.4) is 0 Å². The van der Waals surface area contributed by atoms with Crippen LogP contribution >= 0.6 is 0 Å². The summed E-state index contributed by atoms with van der Waals surface area (Å²) in [4.78, 5) is 19.0. The Morgan fingerprint density at radius 1 is 1.42 bits per heavy atom. The number of hydrogen-bond acceptors (Lipinski definition) is 3. The Bertz CT molecular complexity index is 523. The zero-order chi connectivity index (χ0) is 13.5. The number of amides is 1. The minimum absolute atomic E-state index is 0.0767. The van der Waals surface area contributed by atoms with Gasteiger partial charge in [0.05, 0.1) is 12.9 Å². The standard InChI is InChI=1S/C14H17N3O2/c1-19-9-11-4-2-3-5-13(11)14(18)16-7-6-12-8-15-10-17-12/h2-5,8,10H,6-7,9H2,1H3,(H,15,17)(H,16,18). The summed E-state index contributed by atoms with van der Waals surface area (Å²) in [6, 6.07) is 7.45. The fraction of sp³-hybridized carbons (Fsp3) is 0.286. The number of rotatable bonds is 6. The fourth-order valence-electron chi connectivity index (χ4n) is 1.85. The molecule has 1 aromatic heterocycles. The largest absolute Gasteiger partial charge is 0.380 e. The van der Waals surface area contributed by atoms with Crippen molar-refractivity contribution < 1.29 is 9.53 Å². The van der Waals surface area contributed by atoms with Crippen LogP contribution in [0.2, 0.25) is 0 Å². The molecule has 5 nitrogen and oxygen atoms in total. The van der Waals surface area contributed by atoms with Gasteiger partial charge in [-0.2, -0.15) is 0 Å². The summed E-state index contributed by atoms with van der Waals surface area (Å²) in [5.74, 6) is -0.0767. The van der Waals surface area contributed by atoms with Gasteiger partial charge in [-0.25, -0.2) is 4.98 Å². The highest BCUT2D eigenvalue weighted by molar-refractivity contribution is 5.95. The van der Waals surface area contributed by atoms with Crippen LogP contribution < -0.4 is 5.32 Å². The second kappa shape index (κ2) is 6.70. The summed E-state index contributed by atoms with van der Waals surface area (Å²) >= 11 is 0. The Labute approximate surface area is 112 Å². The number of nitrogens with one attached hydrogen (secondary N) is 2. The zero-order valence-corrected chi connectivity index (χ0v) is 10.8. The lowest BCUT2D eigenvalue weighted by molar-refractivity contribution is 0.0949. The molecule has 5 heteroatoms. The van der Waals surface area contributed by atoms with Crippen molar-refractivity contribution in [2.24, 2.45) is 0 Å². The van der Waals surface area contributed by atoms with Crippen molar-refractivity contribution in [3.05, 3.63) is 53.6 Å². The molecule has 0 aliphatic rings. The van der Waals surface area contributed by atoms with Gasteiger partial charge in [0.2, 0.25) is 0 Å². The molecule has 19 heavy (non-hydrogen) atoms. The van der Waals surface area contributed by atoms with Crippen LogP contribution in [0.4, 0.5) is 0 Å². The molecular weight excluding hydrogens is 242 g/mol. The summed E-state index contributed by atoms with van der Waals surface area (Å²) in [6.45, 7) is 1.01. The number of benzene rings is 1. The number of carbonyl (C=O) groups excluding carboxylic acids is 1. The van der Waals surface area contributed by atoms with Crippen LogP contribution in [0, 0.1) is 0 Å². The lowest BCUT2D eigenvalue weighted by Crippen LogP contribution is -2.26. The lowest BCUT2D eigenvalue weighted by atomic mass is 10.1. The average molecular weight is 259 g/mol. The summed E-state index contributed by atoms with van der Waals surface area (Å²) in [5.41, 5.74) is 2.56. The molecule has 1 heterocycles. The van der Waals surface area contributed by atoms with Crippen LogP contribution in [-0.2, 0) is 17.8 Å². The summed E-state index contributed by atoms with van der Waals surface area (Å²) in [6.07, 6.45) is 4.12. The Hall–Kier alpha value is -2.14. The number of H-pyrrole nitrogens is 1. The first kappa shape index (κ1) is 13.3. The van der Waals surface area contributed by atoms with Gasteiger partial charge in [0.25, 0.3) is 5.91 Å². The van der Waals surface area contributed by atoms with Crippen molar-refractivity contribution in [1.82, 2.24) is 15.3 Å². The maximum absolute atomic E-state index is 12.1. The topological polar surface area (TPSA) is 67.0 Å². The molecule has 0 unspecified atom stereocenters. The third-order valence-electron chi connectivity index (χ3n) is 2.80. The van der Waals surface area contributed by atoms with Gasteiger partial charge in [-0.1, -0.05) is 18.2 Å². The molecule has 0 fully saturated rings. The maximum Gasteiger partial charge on any atom is 0.251 e. The number of hydrogen-bond donors (Lipinski definition) is 2. The van der Waals surface area contributed by atoms with E-state index in [-0.39, 0.29) is 5.91 Å². The predicted octanol–water partition coefficient (Wildman–Crippen LogP) is 1.53. The summed E-state index contributed by atoms with van der Waals surface area (Å²) in [5, 5.41) is 2.89. The Kier molecular flexibility index (Phi) is 4.69. The highest BCUT2D eigenvalue weighted by Gasteiger charge is 2.09. The van der Waals surface area contributed by atoms with Gasteiger partial charge < -0.3 is 15.0 Å². The van der Waals surface area contributed by atoms with Gasteiger partial charge in [0, 0.05) is 37.5 Å². The highest BCUT2D eigenvalue weighted by atomic mass is 16.5. The molecule has 2 rings (SSSR count). The molecule has 100 valence electrons. The quantitative estimate of drug-likeness (QED) is 0.826. The second-order valence-electron chi connectivity index (χ2n) is 4.17. The van der Waals surface area contributed by atoms with Crippen molar-refractivity contribution in [2.45, 2.75) is 13.0 Å². The second-order valence-corrected chi connectivity index (χ2v) is 4.17. The van der Waals surface area contributed by atoms with E-state index in [1.54, 1.807) is 25.7 Å². The molecule has 1 aromatic carbocycles. The molecule has 0 atom stereocenters.